The Balaban J connectivity index is 2.40. The van der Waals surface area contributed by atoms with E-state index in [-0.39, 0.29) is 11.9 Å². The molecule has 1 aromatic carbocycles. The first-order chi connectivity index (χ1) is 9.24. The van der Waals surface area contributed by atoms with Crippen LogP contribution < -0.4 is 5.32 Å². The Labute approximate surface area is 112 Å². The van der Waals surface area contributed by atoms with Gasteiger partial charge in [0.1, 0.15) is 12.1 Å². The van der Waals surface area contributed by atoms with Crippen molar-refractivity contribution in [1.82, 2.24) is 15.3 Å². The van der Waals surface area contributed by atoms with E-state index < -0.39 is 0 Å². The fourth-order valence-electron chi connectivity index (χ4n) is 2.05. The number of aromatic nitrogens is 2. The van der Waals surface area contributed by atoms with Crippen molar-refractivity contribution < 1.29 is 4.39 Å². The molecule has 0 spiro atoms. The lowest BCUT2D eigenvalue weighted by molar-refractivity contribution is 0.540. The second-order valence-corrected chi connectivity index (χ2v) is 4.54. The minimum atomic E-state index is -0.207. The third kappa shape index (κ3) is 3.15. The Hall–Kier alpha value is -1.81. The van der Waals surface area contributed by atoms with Crippen molar-refractivity contribution in [3.8, 4) is 0 Å². The SMILES string of the molecule is CCCNC(c1cncnc1)c1cccc(C)c1F. The lowest BCUT2D eigenvalue weighted by Crippen LogP contribution is -2.24. The van der Waals surface area contributed by atoms with Gasteiger partial charge in [-0.3, -0.25) is 0 Å². The van der Waals surface area contributed by atoms with E-state index in [1.807, 2.05) is 12.1 Å². The maximum Gasteiger partial charge on any atom is 0.131 e. The van der Waals surface area contributed by atoms with Gasteiger partial charge in [-0.15, -0.1) is 0 Å². The molecule has 0 fully saturated rings. The van der Waals surface area contributed by atoms with Crippen LogP contribution in [0.5, 0.6) is 0 Å². The Morgan fingerprint density at radius 3 is 2.68 bits per heavy atom. The number of hydrogen-bond acceptors (Lipinski definition) is 3. The summed E-state index contributed by atoms with van der Waals surface area (Å²) in [5.41, 5.74) is 2.17. The molecular formula is C15H18FN3. The zero-order valence-electron chi connectivity index (χ0n) is 11.2. The number of benzene rings is 1. The van der Waals surface area contributed by atoms with Gasteiger partial charge >= 0.3 is 0 Å². The number of hydrogen-bond donors (Lipinski definition) is 1. The molecule has 1 heterocycles. The van der Waals surface area contributed by atoms with Gasteiger partial charge in [0.25, 0.3) is 0 Å². The number of nitrogens with one attached hydrogen (secondary N) is 1. The van der Waals surface area contributed by atoms with Crippen LogP contribution in [0.2, 0.25) is 0 Å². The van der Waals surface area contributed by atoms with Crippen LogP contribution in [0.25, 0.3) is 0 Å². The molecule has 2 aromatic rings. The average Bonchev–Trinajstić information content (AvgIpc) is 2.45. The summed E-state index contributed by atoms with van der Waals surface area (Å²) >= 11 is 0. The van der Waals surface area contributed by atoms with E-state index in [4.69, 9.17) is 0 Å². The normalized spacial score (nSPS) is 12.4. The summed E-state index contributed by atoms with van der Waals surface area (Å²) in [5.74, 6) is -0.167. The van der Waals surface area contributed by atoms with Crippen LogP contribution >= 0.6 is 0 Å². The third-order valence-electron chi connectivity index (χ3n) is 3.05. The summed E-state index contributed by atoms with van der Waals surface area (Å²) in [7, 11) is 0. The highest BCUT2D eigenvalue weighted by atomic mass is 19.1. The predicted octanol–water partition coefficient (Wildman–Crippen LogP) is 3.01. The molecule has 1 aromatic heterocycles. The molecule has 3 nitrogen and oxygen atoms in total. The zero-order valence-corrected chi connectivity index (χ0v) is 11.2. The van der Waals surface area contributed by atoms with E-state index >= 15 is 0 Å². The highest BCUT2D eigenvalue weighted by Crippen LogP contribution is 2.25. The minimum Gasteiger partial charge on any atom is -0.306 e. The van der Waals surface area contributed by atoms with Crippen LogP contribution in [0.15, 0.2) is 36.9 Å². The molecule has 2 rings (SSSR count). The zero-order chi connectivity index (χ0) is 13.7. The van der Waals surface area contributed by atoms with Gasteiger partial charge in [-0.1, -0.05) is 25.1 Å². The number of rotatable bonds is 5. The fourth-order valence-corrected chi connectivity index (χ4v) is 2.05. The van der Waals surface area contributed by atoms with Gasteiger partial charge in [0.05, 0.1) is 6.04 Å². The van der Waals surface area contributed by atoms with Gasteiger partial charge in [-0.05, 0) is 25.5 Å². The molecule has 0 saturated heterocycles. The Kier molecular flexibility index (Phi) is 4.58. The molecule has 0 aliphatic heterocycles. The first-order valence-corrected chi connectivity index (χ1v) is 6.47. The van der Waals surface area contributed by atoms with Crippen LogP contribution in [0.1, 0.15) is 36.1 Å². The summed E-state index contributed by atoms with van der Waals surface area (Å²) in [5, 5.41) is 3.35. The van der Waals surface area contributed by atoms with Crippen LogP contribution in [0.3, 0.4) is 0 Å². The fraction of sp³-hybridized carbons (Fsp3) is 0.333. The van der Waals surface area contributed by atoms with Crippen molar-refractivity contribution in [3.63, 3.8) is 0 Å². The van der Waals surface area contributed by atoms with E-state index in [1.54, 1.807) is 25.4 Å². The molecule has 0 radical (unpaired) electrons. The monoisotopic (exact) mass is 259 g/mol. The van der Waals surface area contributed by atoms with Crippen molar-refractivity contribution in [2.24, 2.45) is 0 Å². The van der Waals surface area contributed by atoms with E-state index in [0.717, 1.165) is 18.5 Å². The van der Waals surface area contributed by atoms with Gasteiger partial charge in [0.15, 0.2) is 0 Å². The maximum atomic E-state index is 14.3. The summed E-state index contributed by atoms with van der Waals surface area (Å²) < 4.78 is 14.3. The van der Waals surface area contributed by atoms with E-state index in [2.05, 4.69) is 22.2 Å². The van der Waals surface area contributed by atoms with Crippen molar-refractivity contribution >= 4 is 0 Å². The molecule has 0 aliphatic carbocycles. The molecule has 1 atom stereocenters. The molecule has 0 aliphatic rings. The average molecular weight is 259 g/mol. The maximum absolute atomic E-state index is 14.3. The summed E-state index contributed by atoms with van der Waals surface area (Å²) in [6.07, 6.45) is 5.91. The lowest BCUT2D eigenvalue weighted by atomic mass is 9.98. The third-order valence-corrected chi connectivity index (χ3v) is 3.05. The highest BCUT2D eigenvalue weighted by Gasteiger charge is 2.18. The van der Waals surface area contributed by atoms with Crippen molar-refractivity contribution in [1.29, 1.82) is 0 Å². The first-order valence-electron chi connectivity index (χ1n) is 6.47. The van der Waals surface area contributed by atoms with E-state index in [9.17, 15) is 4.39 Å². The van der Waals surface area contributed by atoms with Crippen LogP contribution in [-0.2, 0) is 0 Å². The number of nitrogens with zero attached hydrogens (tertiary/aromatic N) is 2. The van der Waals surface area contributed by atoms with Crippen LogP contribution in [0.4, 0.5) is 4.39 Å². The summed E-state index contributed by atoms with van der Waals surface area (Å²) in [6.45, 7) is 4.67. The lowest BCUT2D eigenvalue weighted by Gasteiger charge is -2.20. The Bertz CT molecular complexity index is 528. The second kappa shape index (κ2) is 6.38. The van der Waals surface area contributed by atoms with Gasteiger partial charge in [-0.2, -0.15) is 0 Å². The van der Waals surface area contributed by atoms with Crippen LogP contribution in [-0.4, -0.2) is 16.5 Å². The molecule has 1 unspecified atom stereocenters. The van der Waals surface area contributed by atoms with Gasteiger partial charge in [0.2, 0.25) is 0 Å². The van der Waals surface area contributed by atoms with Gasteiger partial charge < -0.3 is 5.32 Å². The smallest absolute Gasteiger partial charge is 0.131 e. The molecule has 0 amide bonds. The Morgan fingerprint density at radius 2 is 2.00 bits per heavy atom. The largest absolute Gasteiger partial charge is 0.306 e. The molecule has 0 saturated carbocycles. The number of aryl methyl sites for hydroxylation is 1. The standard InChI is InChI=1S/C15H18FN3/c1-3-7-19-15(12-8-17-10-18-9-12)13-6-4-5-11(2)14(13)16/h4-6,8-10,15,19H,3,7H2,1-2H3. The van der Waals surface area contributed by atoms with Gasteiger partial charge in [0, 0.05) is 23.5 Å². The molecular weight excluding hydrogens is 241 g/mol. The minimum absolute atomic E-state index is 0.167. The Morgan fingerprint density at radius 1 is 1.26 bits per heavy atom. The predicted molar refractivity (Wildman–Crippen MR) is 73.3 cm³/mol. The summed E-state index contributed by atoms with van der Waals surface area (Å²) in [4.78, 5) is 8.04. The molecule has 1 N–H and O–H groups in total. The van der Waals surface area contributed by atoms with Gasteiger partial charge in [-0.25, -0.2) is 14.4 Å². The highest BCUT2D eigenvalue weighted by molar-refractivity contribution is 5.33. The summed E-state index contributed by atoms with van der Waals surface area (Å²) in [6, 6.07) is 5.25. The molecule has 0 bridgehead atoms. The van der Waals surface area contributed by atoms with Crippen molar-refractivity contribution in [3.05, 3.63) is 59.4 Å². The van der Waals surface area contributed by atoms with E-state index in [0.29, 0.717) is 11.1 Å². The van der Waals surface area contributed by atoms with Crippen molar-refractivity contribution in [2.45, 2.75) is 26.3 Å². The number of halogens is 1. The molecule has 4 heteroatoms. The van der Waals surface area contributed by atoms with Crippen LogP contribution in [0, 0.1) is 12.7 Å². The van der Waals surface area contributed by atoms with E-state index in [1.165, 1.54) is 6.33 Å². The van der Waals surface area contributed by atoms with Crippen molar-refractivity contribution in [2.75, 3.05) is 6.54 Å². The molecule has 19 heavy (non-hydrogen) atoms. The quantitative estimate of drug-likeness (QED) is 0.897. The second-order valence-electron chi connectivity index (χ2n) is 4.54. The topological polar surface area (TPSA) is 37.8 Å². The molecule has 100 valence electrons. The first kappa shape index (κ1) is 13.6.